The second-order valence-corrected chi connectivity index (χ2v) is 12.9. The van der Waals surface area contributed by atoms with Crippen molar-refractivity contribution < 1.29 is 13.9 Å². The van der Waals surface area contributed by atoms with Crippen LogP contribution in [-0.2, 0) is 9.53 Å². The van der Waals surface area contributed by atoms with E-state index in [1.54, 1.807) is 5.57 Å². The van der Waals surface area contributed by atoms with Crippen molar-refractivity contribution >= 4 is 11.5 Å². The number of alkyl halides is 1. The number of fused-ring (bicyclic) bond motifs is 5. The summed E-state index contributed by atoms with van der Waals surface area (Å²) in [5.41, 5.74) is 4.87. The van der Waals surface area contributed by atoms with Gasteiger partial charge in [0.1, 0.15) is 12.8 Å². The van der Waals surface area contributed by atoms with E-state index >= 15 is 0 Å². The first kappa shape index (κ1) is 25.3. The van der Waals surface area contributed by atoms with Crippen molar-refractivity contribution in [3.05, 3.63) is 47.8 Å². The fourth-order valence-corrected chi connectivity index (χ4v) is 9.04. The standard InChI is InChI=1S/C32H43FN2O2/c1-31-13-9-25(37-30(36)22-11-17-35(18-12-22)19-15-33)20-24(31)5-6-26-28-8-7-27(23-4-3-16-34-21-23)32(28,2)14-10-29(26)31/h3-5,7,16,21-22,25-26,28-29H,6,8-15,17-20H2,1-2H3/t25-,26-,28-,29-,31-,32+/m0/s1. The molecule has 1 aromatic heterocycles. The monoisotopic (exact) mass is 506 g/mol. The van der Waals surface area contributed by atoms with Crippen LogP contribution in [0.5, 0.6) is 0 Å². The van der Waals surface area contributed by atoms with E-state index < -0.39 is 0 Å². The number of hydrogen-bond donors (Lipinski definition) is 0. The lowest BCUT2D eigenvalue weighted by molar-refractivity contribution is -0.158. The highest BCUT2D eigenvalue weighted by atomic mass is 19.1. The second-order valence-electron chi connectivity index (χ2n) is 12.9. The molecule has 4 nitrogen and oxygen atoms in total. The lowest BCUT2D eigenvalue weighted by atomic mass is 9.47. The zero-order valence-electron chi connectivity index (χ0n) is 22.6. The highest BCUT2D eigenvalue weighted by molar-refractivity contribution is 5.73. The quantitative estimate of drug-likeness (QED) is 0.332. The van der Waals surface area contributed by atoms with Crippen LogP contribution in [0.1, 0.15) is 77.2 Å². The van der Waals surface area contributed by atoms with Crippen molar-refractivity contribution in [2.75, 3.05) is 26.3 Å². The molecule has 2 saturated carbocycles. The summed E-state index contributed by atoms with van der Waals surface area (Å²) in [6, 6.07) is 4.30. The number of carbonyl (C=O) groups is 1. The highest BCUT2D eigenvalue weighted by Crippen LogP contribution is 2.66. The molecule has 0 spiro atoms. The number of hydrogen-bond acceptors (Lipinski definition) is 4. The number of likely N-dealkylation sites (tertiary alicyclic amines) is 1. The molecular weight excluding hydrogens is 463 g/mol. The number of pyridine rings is 1. The molecule has 6 rings (SSSR count). The molecule has 200 valence electrons. The molecule has 5 heteroatoms. The van der Waals surface area contributed by atoms with Crippen LogP contribution < -0.4 is 0 Å². The van der Waals surface area contributed by atoms with Crippen LogP contribution >= 0.6 is 0 Å². The van der Waals surface area contributed by atoms with Gasteiger partial charge in [-0.1, -0.05) is 37.6 Å². The Morgan fingerprint density at radius 1 is 1.08 bits per heavy atom. The summed E-state index contributed by atoms with van der Waals surface area (Å²) in [6.45, 7) is 6.81. The molecule has 2 heterocycles. The Labute approximate surface area is 221 Å². The molecule has 4 aliphatic carbocycles. The van der Waals surface area contributed by atoms with Crippen LogP contribution in [0, 0.1) is 34.5 Å². The third kappa shape index (κ3) is 4.39. The predicted molar refractivity (Wildman–Crippen MR) is 144 cm³/mol. The van der Waals surface area contributed by atoms with Gasteiger partial charge in [0, 0.05) is 25.4 Å². The Hall–Kier alpha value is -2.01. The maximum atomic E-state index is 13.0. The van der Waals surface area contributed by atoms with E-state index in [1.165, 1.54) is 30.4 Å². The van der Waals surface area contributed by atoms with E-state index in [9.17, 15) is 9.18 Å². The number of aromatic nitrogens is 1. The average molecular weight is 507 g/mol. The van der Waals surface area contributed by atoms with Gasteiger partial charge in [0.15, 0.2) is 0 Å². The first-order valence-corrected chi connectivity index (χ1v) is 14.7. The summed E-state index contributed by atoms with van der Waals surface area (Å²) in [7, 11) is 0. The van der Waals surface area contributed by atoms with Gasteiger partial charge in [0.25, 0.3) is 0 Å². The fraction of sp³-hybridized carbons (Fsp3) is 0.688. The van der Waals surface area contributed by atoms with E-state index in [0.717, 1.165) is 63.5 Å². The number of ether oxygens (including phenoxy) is 1. The Morgan fingerprint density at radius 3 is 2.65 bits per heavy atom. The number of allylic oxidation sites excluding steroid dienone is 3. The summed E-state index contributed by atoms with van der Waals surface area (Å²) in [4.78, 5) is 19.5. The molecule has 1 aliphatic heterocycles. The van der Waals surface area contributed by atoms with E-state index in [2.05, 4.69) is 48.0 Å². The Morgan fingerprint density at radius 2 is 1.89 bits per heavy atom. The minimum Gasteiger partial charge on any atom is -0.462 e. The molecular formula is C32H43FN2O2. The number of nitrogens with zero attached hydrogens (tertiary/aromatic N) is 2. The molecule has 0 bridgehead atoms. The molecule has 5 aliphatic rings. The molecule has 3 fully saturated rings. The topological polar surface area (TPSA) is 42.4 Å². The number of esters is 1. The van der Waals surface area contributed by atoms with E-state index in [1.807, 2.05) is 12.4 Å². The van der Waals surface area contributed by atoms with Crippen LogP contribution in [0.4, 0.5) is 4.39 Å². The van der Waals surface area contributed by atoms with Gasteiger partial charge >= 0.3 is 5.97 Å². The Kier molecular flexibility index (Phi) is 6.79. The van der Waals surface area contributed by atoms with Crippen molar-refractivity contribution in [2.45, 2.75) is 77.7 Å². The van der Waals surface area contributed by atoms with Crippen LogP contribution in [0.3, 0.4) is 0 Å². The van der Waals surface area contributed by atoms with Crippen LogP contribution in [0.15, 0.2) is 42.3 Å². The molecule has 0 aromatic carbocycles. The smallest absolute Gasteiger partial charge is 0.309 e. The second kappa shape index (κ2) is 9.94. The van der Waals surface area contributed by atoms with Crippen molar-refractivity contribution in [1.82, 2.24) is 9.88 Å². The van der Waals surface area contributed by atoms with E-state index in [4.69, 9.17) is 4.74 Å². The minimum atomic E-state index is -0.310. The molecule has 6 atom stereocenters. The molecule has 37 heavy (non-hydrogen) atoms. The van der Waals surface area contributed by atoms with Gasteiger partial charge in [-0.05, 0) is 110 Å². The normalized spacial score (nSPS) is 38.1. The van der Waals surface area contributed by atoms with E-state index in [0.29, 0.717) is 12.5 Å². The predicted octanol–water partition coefficient (Wildman–Crippen LogP) is 6.63. The molecule has 0 amide bonds. The van der Waals surface area contributed by atoms with Gasteiger partial charge in [-0.2, -0.15) is 0 Å². The third-order valence-corrected chi connectivity index (χ3v) is 11.2. The number of carbonyl (C=O) groups excluding carboxylic acids is 1. The molecule has 0 unspecified atom stereocenters. The molecule has 1 aromatic rings. The Balaban J connectivity index is 1.11. The van der Waals surface area contributed by atoms with Gasteiger partial charge in [-0.3, -0.25) is 9.78 Å². The summed E-state index contributed by atoms with van der Waals surface area (Å²) >= 11 is 0. The third-order valence-electron chi connectivity index (χ3n) is 11.2. The van der Waals surface area contributed by atoms with Gasteiger partial charge in [-0.25, -0.2) is 4.39 Å². The maximum Gasteiger partial charge on any atom is 0.309 e. The van der Waals surface area contributed by atoms with Crippen LogP contribution in [0.25, 0.3) is 5.57 Å². The lowest BCUT2D eigenvalue weighted by Crippen LogP contribution is -2.50. The zero-order valence-corrected chi connectivity index (χ0v) is 22.6. The number of piperidine rings is 1. The number of halogens is 1. The van der Waals surface area contributed by atoms with Crippen molar-refractivity contribution in [1.29, 1.82) is 0 Å². The molecule has 0 radical (unpaired) electrons. The summed E-state index contributed by atoms with van der Waals surface area (Å²) in [5, 5.41) is 0. The average Bonchev–Trinajstić information content (AvgIpc) is 3.27. The van der Waals surface area contributed by atoms with E-state index in [-0.39, 0.29) is 35.5 Å². The fourth-order valence-electron chi connectivity index (χ4n) is 9.04. The first-order chi connectivity index (χ1) is 17.9. The first-order valence-electron chi connectivity index (χ1n) is 14.7. The largest absolute Gasteiger partial charge is 0.462 e. The molecule has 1 saturated heterocycles. The van der Waals surface area contributed by atoms with Crippen molar-refractivity contribution in [3.63, 3.8) is 0 Å². The SMILES string of the molecule is C[C@]12CC[C@H](OC(=O)C3CCN(CCF)CC3)CC1=CC[C@@H]1[C@@H]2CC[C@]2(C)C(c3cccnc3)=CC[C@@H]12. The lowest BCUT2D eigenvalue weighted by Gasteiger charge is -2.58. The van der Waals surface area contributed by atoms with Crippen molar-refractivity contribution in [3.8, 4) is 0 Å². The zero-order chi connectivity index (χ0) is 25.6. The summed E-state index contributed by atoms with van der Waals surface area (Å²) < 4.78 is 18.8. The van der Waals surface area contributed by atoms with Gasteiger partial charge in [-0.15, -0.1) is 0 Å². The highest BCUT2D eigenvalue weighted by Gasteiger charge is 2.57. The van der Waals surface area contributed by atoms with Crippen LogP contribution in [-0.4, -0.2) is 48.3 Å². The summed E-state index contributed by atoms with van der Waals surface area (Å²) in [5.74, 6) is 2.12. The molecule has 0 N–H and O–H groups in total. The van der Waals surface area contributed by atoms with Gasteiger partial charge < -0.3 is 9.64 Å². The minimum absolute atomic E-state index is 0.0174. The van der Waals surface area contributed by atoms with Gasteiger partial charge in [0.05, 0.1) is 5.92 Å². The van der Waals surface area contributed by atoms with Crippen molar-refractivity contribution in [2.24, 2.45) is 34.5 Å². The Bertz CT molecular complexity index is 1060. The summed E-state index contributed by atoms with van der Waals surface area (Å²) in [6.07, 6.45) is 18.5. The van der Waals surface area contributed by atoms with Gasteiger partial charge in [0.2, 0.25) is 0 Å². The number of rotatable bonds is 5. The van der Waals surface area contributed by atoms with Crippen LogP contribution in [0.2, 0.25) is 0 Å². The maximum absolute atomic E-state index is 13.0.